The SMILES string of the molecule is FC(F)(F)COCCn1ccnc1-c1cccnc1. The maximum absolute atomic E-state index is 11.9. The molecule has 2 aromatic heterocycles. The molecular weight excluding hydrogens is 259 g/mol. The molecule has 0 saturated carbocycles. The minimum atomic E-state index is -4.29. The van der Waals surface area contributed by atoms with Crippen LogP contribution >= 0.6 is 0 Å². The molecule has 0 aromatic carbocycles. The van der Waals surface area contributed by atoms with Crippen LogP contribution in [0.15, 0.2) is 36.9 Å². The van der Waals surface area contributed by atoms with Gasteiger partial charge in [0, 0.05) is 36.9 Å². The molecule has 2 heterocycles. The lowest BCUT2D eigenvalue weighted by molar-refractivity contribution is -0.174. The van der Waals surface area contributed by atoms with Crippen molar-refractivity contribution in [3.63, 3.8) is 0 Å². The molecule has 0 radical (unpaired) electrons. The molecule has 0 amide bonds. The fraction of sp³-hybridized carbons (Fsp3) is 0.333. The van der Waals surface area contributed by atoms with E-state index in [0.29, 0.717) is 12.4 Å². The average molecular weight is 271 g/mol. The highest BCUT2D eigenvalue weighted by Gasteiger charge is 2.27. The third kappa shape index (κ3) is 4.06. The lowest BCUT2D eigenvalue weighted by Gasteiger charge is -2.10. The Morgan fingerprint density at radius 1 is 1.26 bits per heavy atom. The van der Waals surface area contributed by atoms with Gasteiger partial charge >= 0.3 is 6.18 Å². The summed E-state index contributed by atoms with van der Waals surface area (Å²) in [6, 6.07) is 3.61. The summed E-state index contributed by atoms with van der Waals surface area (Å²) < 4.78 is 42.0. The fourth-order valence-electron chi connectivity index (χ4n) is 1.60. The number of hydrogen-bond acceptors (Lipinski definition) is 3. The Hall–Kier alpha value is -1.89. The molecule has 0 N–H and O–H groups in total. The number of rotatable bonds is 5. The lowest BCUT2D eigenvalue weighted by atomic mass is 10.3. The zero-order valence-corrected chi connectivity index (χ0v) is 9.97. The van der Waals surface area contributed by atoms with E-state index in [0.717, 1.165) is 5.56 Å². The minimum absolute atomic E-state index is 0.0247. The van der Waals surface area contributed by atoms with Gasteiger partial charge in [0.15, 0.2) is 0 Å². The Morgan fingerprint density at radius 3 is 2.79 bits per heavy atom. The van der Waals surface area contributed by atoms with E-state index in [1.165, 1.54) is 0 Å². The molecule has 0 aliphatic heterocycles. The van der Waals surface area contributed by atoms with Crippen LogP contribution < -0.4 is 0 Å². The van der Waals surface area contributed by atoms with E-state index in [1.807, 2.05) is 6.07 Å². The molecule has 2 rings (SSSR count). The van der Waals surface area contributed by atoms with Crippen molar-refractivity contribution in [3.05, 3.63) is 36.9 Å². The molecule has 0 fully saturated rings. The molecule has 0 atom stereocenters. The van der Waals surface area contributed by atoms with Crippen molar-refractivity contribution in [2.45, 2.75) is 12.7 Å². The summed E-state index contributed by atoms with van der Waals surface area (Å²) in [5.74, 6) is 0.656. The molecule has 0 saturated heterocycles. The molecular formula is C12H12F3N3O. The van der Waals surface area contributed by atoms with Crippen molar-refractivity contribution >= 4 is 0 Å². The maximum Gasteiger partial charge on any atom is 0.411 e. The number of hydrogen-bond donors (Lipinski definition) is 0. The van der Waals surface area contributed by atoms with Crippen molar-refractivity contribution in [1.82, 2.24) is 14.5 Å². The van der Waals surface area contributed by atoms with Gasteiger partial charge in [-0.3, -0.25) is 4.98 Å². The molecule has 0 aliphatic rings. The summed E-state index contributed by atoms with van der Waals surface area (Å²) >= 11 is 0. The minimum Gasteiger partial charge on any atom is -0.370 e. The number of nitrogens with zero attached hydrogens (tertiary/aromatic N) is 3. The van der Waals surface area contributed by atoms with Gasteiger partial charge in [0.1, 0.15) is 12.4 Å². The Labute approximate surface area is 107 Å². The predicted octanol–water partition coefficient (Wildman–Crippen LogP) is 2.52. The van der Waals surface area contributed by atoms with Gasteiger partial charge in [-0.05, 0) is 12.1 Å². The van der Waals surface area contributed by atoms with Crippen LogP contribution in [0.2, 0.25) is 0 Å². The second-order valence-electron chi connectivity index (χ2n) is 3.85. The van der Waals surface area contributed by atoms with Gasteiger partial charge in [-0.2, -0.15) is 13.2 Å². The third-order valence-corrected chi connectivity index (χ3v) is 2.38. The topological polar surface area (TPSA) is 39.9 Å². The first-order chi connectivity index (χ1) is 9.06. The number of ether oxygens (including phenoxy) is 1. The molecule has 2 aromatic rings. The molecule has 0 aliphatic carbocycles. The summed E-state index contributed by atoms with van der Waals surface area (Å²) in [4.78, 5) is 8.14. The van der Waals surface area contributed by atoms with Crippen molar-refractivity contribution in [2.75, 3.05) is 13.2 Å². The Morgan fingerprint density at radius 2 is 2.11 bits per heavy atom. The van der Waals surface area contributed by atoms with E-state index in [4.69, 9.17) is 0 Å². The summed E-state index contributed by atoms with van der Waals surface area (Å²) in [7, 11) is 0. The fourth-order valence-corrected chi connectivity index (χ4v) is 1.60. The smallest absolute Gasteiger partial charge is 0.370 e. The van der Waals surface area contributed by atoms with Crippen LogP contribution in [0.1, 0.15) is 0 Å². The molecule has 7 heteroatoms. The first-order valence-electron chi connectivity index (χ1n) is 5.62. The highest BCUT2D eigenvalue weighted by molar-refractivity contribution is 5.53. The summed E-state index contributed by atoms with van der Waals surface area (Å²) in [5, 5.41) is 0. The first-order valence-corrected chi connectivity index (χ1v) is 5.62. The largest absolute Gasteiger partial charge is 0.411 e. The Bertz CT molecular complexity index is 510. The highest BCUT2D eigenvalue weighted by atomic mass is 19.4. The van der Waals surface area contributed by atoms with E-state index in [1.54, 1.807) is 35.4 Å². The van der Waals surface area contributed by atoms with Gasteiger partial charge in [-0.15, -0.1) is 0 Å². The summed E-state index contributed by atoms with van der Waals surface area (Å²) in [6.45, 7) is -0.951. The van der Waals surface area contributed by atoms with Crippen LogP contribution in [-0.2, 0) is 11.3 Å². The van der Waals surface area contributed by atoms with Crippen molar-refractivity contribution in [1.29, 1.82) is 0 Å². The molecule has 0 unspecified atom stereocenters. The Kier molecular flexibility index (Phi) is 4.16. The van der Waals surface area contributed by atoms with Crippen LogP contribution in [-0.4, -0.2) is 33.9 Å². The number of aromatic nitrogens is 3. The molecule has 0 spiro atoms. The molecule has 19 heavy (non-hydrogen) atoms. The first kappa shape index (κ1) is 13.5. The molecule has 4 nitrogen and oxygen atoms in total. The monoisotopic (exact) mass is 271 g/mol. The van der Waals surface area contributed by atoms with E-state index in [9.17, 15) is 13.2 Å². The van der Waals surface area contributed by atoms with Crippen molar-refractivity contribution < 1.29 is 17.9 Å². The number of alkyl halides is 3. The number of pyridine rings is 1. The highest BCUT2D eigenvalue weighted by Crippen LogP contribution is 2.16. The zero-order valence-electron chi connectivity index (χ0n) is 9.97. The van der Waals surface area contributed by atoms with E-state index in [2.05, 4.69) is 14.7 Å². The quantitative estimate of drug-likeness (QED) is 0.784. The van der Waals surface area contributed by atoms with Gasteiger partial charge in [-0.25, -0.2) is 4.98 Å². The lowest BCUT2D eigenvalue weighted by Crippen LogP contribution is -2.19. The second-order valence-corrected chi connectivity index (χ2v) is 3.85. The second kappa shape index (κ2) is 5.83. The zero-order chi connectivity index (χ0) is 13.7. The normalized spacial score (nSPS) is 11.7. The van der Waals surface area contributed by atoms with Crippen molar-refractivity contribution in [3.8, 4) is 11.4 Å². The maximum atomic E-state index is 11.9. The predicted molar refractivity (Wildman–Crippen MR) is 62.3 cm³/mol. The van der Waals surface area contributed by atoms with E-state index in [-0.39, 0.29) is 6.61 Å². The van der Waals surface area contributed by atoms with Crippen LogP contribution in [0.3, 0.4) is 0 Å². The third-order valence-electron chi connectivity index (χ3n) is 2.38. The molecule has 0 bridgehead atoms. The van der Waals surface area contributed by atoms with Crippen molar-refractivity contribution in [2.24, 2.45) is 0 Å². The van der Waals surface area contributed by atoms with Gasteiger partial charge in [0.05, 0.1) is 6.61 Å². The van der Waals surface area contributed by atoms with Crippen LogP contribution in [0, 0.1) is 0 Å². The molecule has 102 valence electrons. The van der Waals surface area contributed by atoms with Gasteiger partial charge in [-0.1, -0.05) is 0 Å². The summed E-state index contributed by atoms with van der Waals surface area (Å²) in [5.41, 5.74) is 0.809. The van der Waals surface area contributed by atoms with E-state index >= 15 is 0 Å². The number of imidazole rings is 1. The van der Waals surface area contributed by atoms with Crippen LogP contribution in [0.25, 0.3) is 11.4 Å². The van der Waals surface area contributed by atoms with Gasteiger partial charge < -0.3 is 9.30 Å². The van der Waals surface area contributed by atoms with Crippen LogP contribution in [0.4, 0.5) is 13.2 Å². The summed E-state index contributed by atoms with van der Waals surface area (Å²) in [6.07, 6.45) is 2.28. The van der Waals surface area contributed by atoms with Gasteiger partial charge in [0.2, 0.25) is 0 Å². The number of halogens is 3. The Balaban J connectivity index is 1.94. The van der Waals surface area contributed by atoms with E-state index < -0.39 is 12.8 Å². The standard InChI is InChI=1S/C12H12F3N3O/c13-12(14,15)9-19-7-6-18-5-4-17-11(18)10-2-1-3-16-8-10/h1-5,8H,6-7,9H2. The average Bonchev–Trinajstić information content (AvgIpc) is 2.83. The van der Waals surface area contributed by atoms with Gasteiger partial charge in [0.25, 0.3) is 0 Å². The van der Waals surface area contributed by atoms with Crippen LogP contribution in [0.5, 0.6) is 0 Å².